The standard InChI is InChI=1S/C19H19N3O4/c1-10(2)15-14-13(9-11(3)20-18(14)26-22-15)17(23)21-16(19(24)25)12-7-5-4-6-8-12/h4-10,16H,1-3H3,(H,21,23)(H,24,25)/t16-/m0/s1. The lowest BCUT2D eigenvalue weighted by Gasteiger charge is -2.15. The summed E-state index contributed by atoms with van der Waals surface area (Å²) >= 11 is 0. The zero-order chi connectivity index (χ0) is 18.8. The fourth-order valence-corrected chi connectivity index (χ4v) is 2.81. The maximum atomic E-state index is 12.9. The van der Waals surface area contributed by atoms with Crippen LogP contribution in [0.1, 0.15) is 53.1 Å². The van der Waals surface area contributed by atoms with Gasteiger partial charge in [-0.2, -0.15) is 0 Å². The summed E-state index contributed by atoms with van der Waals surface area (Å²) in [6.45, 7) is 5.60. The van der Waals surface area contributed by atoms with E-state index in [0.717, 1.165) is 0 Å². The minimum Gasteiger partial charge on any atom is -0.479 e. The lowest BCUT2D eigenvalue weighted by atomic mass is 10.0. The molecular formula is C19H19N3O4. The van der Waals surface area contributed by atoms with E-state index in [1.54, 1.807) is 43.3 Å². The number of aryl methyl sites for hydroxylation is 1. The second-order valence-corrected chi connectivity index (χ2v) is 6.37. The van der Waals surface area contributed by atoms with Crippen LogP contribution in [0.5, 0.6) is 0 Å². The average molecular weight is 353 g/mol. The Morgan fingerprint density at radius 3 is 2.50 bits per heavy atom. The summed E-state index contributed by atoms with van der Waals surface area (Å²) in [4.78, 5) is 28.8. The number of hydrogen-bond acceptors (Lipinski definition) is 5. The van der Waals surface area contributed by atoms with Gasteiger partial charge in [0.05, 0.1) is 16.6 Å². The molecule has 0 aliphatic heterocycles. The van der Waals surface area contributed by atoms with Crippen molar-refractivity contribution < 1.29 is 19.2 Å². The molecule has 7 heteroatoms. The predicted octanol–water partition coefficient (Wildman–Crippen LogP) is 3.21. The molecular weight excluding hydrogens is 334 g/mol. The number of hydrogen-bond donors (Lipinski definition) is 2. The van der Waals surface area contributed by atoms with E-state index in [2.05, 4.69) is 15.5 Å². The molecule has 3 aromatic rings. The number of benzene rings is 1. The first-order chi connectivity index (χ1) is 12.4. The molecule has 134 valence electrons. The van der Waals surface area contributed by atoms with Gasteiger partial charge in [-0.25, -0.2) is 9.78 Å². The van der Waals surface area contributed by atoms with Crippen LogP contribution < -0.4 is 5.32 Å². The van der Waals surface area contributed by atoms with Crippen LogP contribution in [0.3, 0.4) is 0 Å². The number of carbonyl (C=O) groups is 2. The fourth-order valence-electron chi connectivity index (χ4n) is 2.81. The molecule has 0 saturated heterocycles. The molecule has 0 saturated carbocycles. The van der Waals surface area contributed by atoms with Crippen LogP contribution in [0.15, 0.2) is 40.9 Å². The molecule has 1 amide bonds. The summed E-state index contributed by atoms with van der Waals surface area (Å²) in [6.07, 6.45) is 0. The third kappa shape index (κ3) is 3.28. The molecule has 0 bridgehead atoms. The highest BCUT2D eigenvalue weighted by atomic mass is 16.5. The van der Waals surface area contributed by atoms with Gasteiger partial charge in [-0.05, 0) is 24.5 Å². The topological polar surface area (TPSA) is 105 Å². The first kappa shape index (κ1) is 17.6. The first-order valence-corrected chi connectivity index (χ1v) is 8.24. The van der Waals surface area contributed by atoms with Crippen molar-refractivity contribution in [1.29, 1.82) is 0 Å². The van der Waals surface area contributed by atoms with Crippen LogP contribution in [-0.4, -0.2) is 27.1 Å². The maximum Gasteiger partial charge on any atom is 0.330 e. The average Bonchev–Trinajstić information content (AvgIpc) is 3.03. The van der Waals surface area contributed by atoms with Crippen LogP contribution in [0.4, 0.5) is 0 Å². The van der Waals surface area contributed by atoms with Crippen molar-refractivity contribution in [1.82, 2.24) is 15.5 Å². The van der Waals surface area contributed by atoms with Gasteiger partial charge in [0.2, 0.25) is 0 Å². The maximum absolute atomic E-state index is 12.9. The molecule has 0 fully saturated rings. The molecule has 1 aromatic carbocycles. The summed E-state index contributed by atoms with van der Waals surface area (Å²) in [5, 5.41) is 16.7. The number of carboxylic acids is 1. The Hall–Kier alpha value is -3.22. The Labute approximate surface area is 150 Å². The quantitative estimate of drug-likeness (QED) is 0.730. The largest absolute Gasteiger partial charge is 0.479 e. The molecule has 7 nitrogen and oxygen atoms in total. The minimum atomic E-state index is -1.16. The van der Waals surface area contributed by atoms with E-state index in [9.17, 15) is 14.7 Å². The fraction of sp³-hybridized carbons (Fsp3) is 0.263. The summed E-state index contributed by atoms with van der Waals surface area (Å²) in [5.41, 5.74) is 2.26. The third-order valence-electron chi connectivity index (χ3n) is 4.05. The van der Waals surface area contributed by atoms with E-state index in [1.165, 1.54) is 0 Å². The van der Waals surface area contributed by atoms with Gasteiger partial charge < -0.3 is 14.9 Å². The molecule has 0 spiro atoms. The van der Waals surface area contributed by atoms with Crippen molar-refractivity contribution in [3.05, 3.63) is 58.9 Å². The van der Waals surface area contributed by atoms with Crippen LogP contribution in [0.25, 0.3) is 11.1 Å². The minimum absolute atomic E-state index is 0.0247. The number of pyridine rings is 1. The number of carboxylic acid groups (broad SMARTS) is 1. The number of nitrogens with zero attached hydrogens (tertiary/aromatic N) is 2. The second-order valence-electron chi connectivity index (χ2n) is 6.37. The molecule has 1 atom stereocenters. The zero-order valence-electron chi connectivity index (χ0n) is 14.7. The van der Waals surface area contributed by atoms with E-state index < -0.39 is 17.9 Å². The smallest absolute Gasteiger partial charge is 0.330 e. The molecule has 3 rings (SSSR count). The van der Waals surface area contributed by atoms with E-state index in [4.69, 9.17) is 4.52 Å². The third-order valence-corrected chi connectivity index (χ3v) is 4.05. The number of aliphatic carboxylic acids is 1. The van der Waals surface area contributed by atoms with E-state index in [0.29, 0.717) is 27.9 Å². The van der Waals surface area contributed by atoms with Crippen molar-refractivity contribution in [2.45, 2.75) is 32.7 Å². The summed E-state index contributed by atoms with van der Waals surface area (Å²) in [6, 6.07) is 9.01. The number of carbonyl (C=O) groups excluding carboxylic acids is 1. The molecule has 2 heterocycles. The number of aromatic nitrogens is 2. The van der Waals surface area contributed by atoms with Gasteiger partial charge >= 0.3 is 5.97 Å². The summed E-state index contributed by atoms with van der Waals surface area (Å²) in [5.74, 6) is -1.63. The lowest BCUT2D eigenvalue weighted by molar-refractivity contribution is -0.139. The van der Waals surface area contributed by atoms with E-state index in [1.807, 2.05) is 13.8 Å². The molecule has 0 radical (unpaired) electrons. The van der Waals surface area contributed by atoms with Crippen molar-refractivity contribution in [3.8, 4) is 0 Å². The predicted molar refractivity (Wildman–Crippen MR) is 94.9 cm³/mol. The molecule has 2 N–H and O–H groups in total. The summed E-state index contributed by atoms with van der Waals surface area (Å²) in [7, 11) is 0. The highest BCUT2D eigenvalue weighted by Gasteiger charge is 2.26. The lowest BCUT2D eigenvalue weighted by Crippen LogP contribution is -2.34. The number of fused-ring (bicyclic) bond motifs is 1. The van der Waals surface area contributed by atoms with Gasteiger partial charge in [-0.15, -0.1) is 0 Å². The van der Waals surface area contributed by atoms with Gasteiger partial charge in [0.1, 0.15) is 0 Å². The normalized spacial score (nSPS) is 12.3. The Kier molecular flexibility index (Phi) is 4.71. The second kappa shape index (κ2) is 6.95. The van der Waals surface area contributed by atoms with E-state index >= 15 is 0 Å². The Bertz CT molecular complexity index is 964. The zero-order valence-corrected chi connectivity index (χ0v) is 14.7. The SMILES string of the molecule is Cc1cc(C(=O)N[C@H](C(=O)O)c2ccccc2)c2c(C(C)C)noc2n1. The van der Waals surface area contributed by atoms with Crippen molar-refractivity contribution >= 4 is 23.0 Å². The van der Waals surface area contributed by atoms with Gasteiger partial charge in [0.25, 0.3) is 11.6 Å². The van der Waals surface area contributed by atoms with Crippen LogP contribution in [-0.2, 0) is 4.79 Å². The van der Waals surface area contributed by atoms with Gasteiger partial charge in [-0.3, -0.25) is 4.79 Å². The number of nitrogens with one attached hydrogen (secondary N) is 1. The van der Waals surface area contributed by atoms with Gasteiger partial charge in [-0.1, -0.05) is 49.3 Å². The Morgan fingerprint density at radius 1 is 1.19 bits per heavy atom. The Morgan fingerprint density at radius 2 is 1.88 bits per heavy atom. The number of amides is 1. The van der Waals surface area contributed by atoms with Crippen molar-refractivity contribution in [3.63, 3.8) is 0 Å². The molecule has 0 unspecified atom stereocenters. The molecule has 2 aromatic heterocycles. The highest BCUT2D eigenvalue weighted by molar-refractivity contribution is 6.07. The van der Waals surface area contributed by atoms with Crippen LogP contribution >= 0.6 is 0 Å². The van der Waals surface area contributed by atoms with Crippen molar-refractivity contribution in [2.75, 3.05) is 0 Å². The monoisotopic (exact) mass is 353 g/mol. The van der Waals surface area contributed by atoms with Crippen LogP contribution in [0.2, 0.25) is 0 Å². The van der Waals surface area contributed by atoms with Crippen molar-refractivity contribution in [2.24, 2.45) is 0 Å². The Balaban J connectivity index is 2.04. The van der Waals surface area contributed by atoms with Gasteiger partial charge in [0.15, 0.2) is 6.04 Å². The van der Waals surface area contributed by atoms with E-state index in [-0.39, 0.29) is 11.6 Å². The van der Waals surface area contributed by atoms with Crippen LogP contribution in [0, 0.1) is 6.92 Å². The molecule has 0 aliphatic rings. The molecule has 26 heavy (non-hydrogen) atoms. The molecule has 0 aliphatic carbocycles. The summed E-state index contributed by atoms with van der Waals surface area (Å²) < 4.78 is 5.26. The first-order valence-electron chi connectivity index (χ1n) is 8.24. The van der Waals surface area contributed by atoms with Gasteiger partial charge in [0, 0.05) is 5.69 Å². The number of rotatable bonds is 5. The highest BCUT2D eigenvalue weighted by Crippen LogP contribution is 2.28.